The van der Waals surface area contributed by atoms with Crippen molar-refractivity contribution < 1.29 is 9.90 Å². The Bertz CT molecular complexity index is 738. The molecule has 0 spiro atoms. The van der Waals surface area contributed by atoms with Crippen molar-refractivity contribution in [1.29, 1.82) is 0 Å². The van der Waals surface area contributed by atoms with Crippen molar-refractivity contribution in [3.63, 3.8) is 0 Å². The van der Waals surface area contributed by atoms with E-state index in [-0.39, 0.29) is 11.9 Å². The van der Waals surface area contributed by atoms with E-state index in [1.54, 1.807) is 12.3 Å². The molecule has 112 valence electrons. The fraction of sp³-hybridized carbons (Fsp3) is 0.333. The Hall–Kier alpha value is -2.36. The van der Waals surface area contributed by atoms with Gasteiger partial charge in [-0.15, -0.1) is 0 Å². The molecule has 1 heterocycles. The fourth-order valence-electron chi connectivity index (χ4n) is 3.31. The molecular weight excluding hydrogens is 276 g/mol. The third kappa shape index (κ3) is 2.25. The Kier molecular flexibility index (Phi) is 3.10. The van der Waals surface area contributed by atoms with Crippen LogP contribution < -0.4 is 5.32 Å². The third-order valence-electron chi connectivity index (χ3n) is 4.60. The van der Waals surface area contributed by atoms with Gasteiger partial charge in [0.25, 0.3) is 5.91 Å². The van der Waals surface area contributed by atoms with Gasteiger partial charge in [0.1, 0.15) is 5.75 Å². The summed E-state index contributed by atoms with van der Waals surface area (Å²) in [5.41, 5.74) is 3.61. The Balaban J connectivity index is 1.58. The second-order valence-electron chi connectivity index (χ2n) is 6.12. The van der Waals surface area contributed by atoms with Gasteiger partial charge >= 0.3 is 0 Å². The third-order valence-corrected chi connectivity index (χ3v) is 4.60. The highest BCUT2D eigenvalue weighted by molar-refractivity contribution is 5.95. The highest BCUT2D eigenvalue weighted by Gasteiger charge is 2.31. The number of benzene rings is 1. The number of aromatic hydroxyl groups is 1. The molecular formula is C18H18N2O2. The summed E-state index contributed by atoms with van der Waals surface area (Å²) in [7, 11) is 0. The number of hydrogen-bond donors (Lipinski definition) is 2. The van der Waals surface area contributed by atoms with Crippen molar-refractivity contribution in [2.75, 3.05) is 0 Å². The normalized spacial score (nSPS) is 19.7. The minimum atomic E-state index is -0.0591. The number of nitrogens with zero attached hydrogens (tertiary/aromatic N) is 1. The minimum absolute atomic E-state index is 0.0261. The lowest BCUT2D eigenvalue weighted by Crippen LogP contribution is -2.28. The van der Waals surface area contributed by atoms with E-state index in [0.29, 0.717) is 17.2 Å². The molecule has 0 aliphatic heterocycles. The zero-order valence-electron chi connectivity index (χ0n) is 12.2. The van der Waals surface area contributed by atoms with E-state index in [1.165, 1.54) is 0 Å². The van der Waals surface area contributed by atoms with E-state index < -0.39 is 0 Å². The van der Waals surface area contributed by atoms with Gasteiger partial charge in [-0.1, -0.05) is 12.1 Å². The van der Waals surface area contributed by atoms with Crippen LogP contribution in [0.3, 0.4) is 0 Å². The van der Waals surface area contributed by atoms with Crippen molar-refractivity contribution in [1.82, 2.24) is 10.3 Å². The largest absolute Gasteiger partial charge is 0.508 e. The van der Waals surface area contributed by atoms with Gasteiger partial charge in [0.05, 0.1) is 17.3 Å². The fourth-order valence-corrected chi connectivity index (χ4v) is 3.31. The highest BCUT2D eigenvalue weighted by Crippen LogP contribution is 2.41. The molecule has 0 radical (unpaired) electrons. The standard InChI is InChI=1S/C18H18N2O2/c21-16-5-1-3-12-13(16)8-9-15(12)20-18(22)14-4-2-10-19-17(14)11-6-7-11/h1-5,10-11,15,21H,6-9H2,(H,20,22). The van der Waals surface area contributed by atoms with Gasteiger partial charge in [-0.2, -0.15) is 0 Å². The molecule has 2 aromatic rings. The first-order chi connectivity index (χ1) is 10.7. The van der Waals surface area contributed by atoms with Crippen molar-refractivity contribution in [2.45, 2.75) is 37.6 Å². The quantitative estimate of drug-likeness (QED) is 0.914. The van der Waals surface area contributed by atoms with E-state index in [0.717, 1.165) is 42.5 Å². The van der Waals surface area contributed by atoms with E-state index in [4.69, 9.17) is 0 Å². The molecule has 4 nitrogen and oxygen atoms in total. The van der Waals surface area contributed by atoms with Crippen LogP contribution in [0.25, 0.3) is 0 Å². The zero-order valence-corrected chi connectivity index (χ0v) is 12.2. The average Bonchev–Trinajstić information content (AvgIpc) is 3.30. The number of rotatable bonds is 3. The van der Waals surface area contributed by atoms with Crippen LogP contribution in [0.5, 0.6) is 5.75 Å². The summed E-state index contributed by atoms with van der Waals surface area (Å²) in [5, 5.41) is 13.0. The maximum atomic E-state index is 12.6. The van der Waals surface area contributed by atoms with Crippen LogP contribution >= 0.6 is 0 Å². The molecule has 1 amide bonds. The second kappa shape index (κ2) is 5.13. The van der Waals surface area contributed by atoms with Gasteiger partial charge in [0.15, 0.2) is 0 Å². The number of nitrogens with one attached hydrogen (secondary N) is 1. The predicted molar refractivity (Wildman–Crippen MR) is 82.8 cm³/mol. The number of phenols is 1. The van der Waals surface area contributed by atoms with Crippen LogP contribution in [0.4, 0.5) is 0 Å². The maximum Gasteiger partial charge on any atom is 0.253 e. The smallest absolute Gasteiger partial charge is 0.253 e. The second-order valence-corrected chi connectivity index (χ2v) is 6.12. The number of aromatic nitrogens is 1. The Morgan fingerprint density at radius 3 is 2.86 bits per heavy atom. The molecule has 1 aromatic heterocycles. The number of carbonyl (C=O) groups is 1. The first kappa shape index (κ1) is 13.3. The Labute approximate surface area is 129 Å². The lowest BCUT2D eigenvalue weighted by atomic mass is 10.1. The van der Waals surface area contributed by atoms with Crippen molar-refractivity contribution in [2.24, 2.45) is 0 Å². The van der Waals surface area contributed by atoms with Crippen LogP contribution in [-0.2, 0) is 6.42 Å². The van der Waals surface area contributed by atoms with Crippen LogP contribution in [0.15, 0.2) is 36.5 Å². The molecule has 0 bridgehead atoms. The maximum absolute atomic E-state index is 12.6. The predicted octanol–water partition coefficient (Wildman–Crippen LogP) is 3.08. The summed E-state index contributed by atoms with van der Waals surface area (Å²) in [6, 6.07) is 9.16. The van der Waals surface area contributed by atoms with Crippen LogP contribution in [-0.4, -0.2) is 16.0 Å². The van der Waals surface area contributed by atoms with Gasteiger partial charge in [0, 0.05) is 12.1 Å². The van der Waals surface area contributed by atoms with Gasteiger partial charge < -0.3 is 10.4 Å². The van der Waals surface area contributed by atoms with Crippen molar-refractivity contribution in [3.8, 4) is 5.75 Å². The molecule has 1 fully saturated rings. The first-order valence-electron chi connectivity index (χ1n) is 7.80. The summed E-state index contributed by atoms with van der Waals surface area (Å²) in [6.07, 6.45) is 5.63. The molecule has 2 aliphatic carbocycles. The summed E-state index contributed by atoms with van der Waals surface area (Å²) in [6.45, 7) is 0. The minimum Gasteiger partial charge on any atom is -0.508 e. The summed E-state index contributed by atoms with van der Waals surface area (Å²) in [5.74, 6) is 0.715. The van der Waals surface area contributed by atoms with Gasteiger partial charge in [-0.25, -0.2) is 0 Å². The highest BCUT2D eigenvalue weighted by atomic mass is 16.3. The molecule has 2 aliphatic rings. The topological polar surface area (TPSA) is 62.2 Å². The molecule has 1 aromatic carbocycles. The lowest BCUT2D eigenvalue weighted by molar-refractivity contribution is 0.0935. The van der Waals surface area contributed by atoms with Gasteiger partial charge in [0.2, 0.25) is 0 Å². The van der Waals surface area contributed by atoms with Crippen LogP contribution in [0, 0.1) is 0 Å². The number of phenolic OH excluding ortho intramolecular Hbond substituents is 1. The Morgan fingerprint density at radius 1 is 1.18 bits per heavy atom. The number of fused-ring (bicyclic) bond motifs is 1. The molecule has 1 atom stereocenters. The van der Waals surface area contributed by atoms with Crippen molar-refractivity contribution >= 4 is 5.91 Å². The van der Waals surface area contributed by atoms with E-state index in [9.17, 15) is 9.90 Å². The SMILES string of the molecule is O=C(NC1CCc2c(O)cccc21)c1cccnc1C1CC1. The summed E-state index contributed by atoms with van der Waals surface area (Å²) < 4.78 is 0. The molecule has 4 heteroatoms. The number of pyridine rings is 1. The number of carbonyl (C=O) groups excluding carboxylic acids is 1. The number of hydrogen-bond acceptors (Lipinski definition) is 3. The lowest BCUT2D eigenvalue weighted by Gasteiger charge is -2.15. The van der Waals surface area contributed by atoms with E-state index >= 15 is 0 Å². The monoisotopic (exact) mass is 294 g/mol. The van der Waals surface area contributed by atoms with Gasteiger partial charge in [-0.3, -0.25) is 9.78 Å². The van der Waals surface area contributed by atoms with Crippen LogP contribution in [0.1, 0.15) is 58.4 Å². The van der Waals surface area contributed by atoms with Crippen molar-refractivity contribution in [3.05, 3.63) is 58.9 Å². The zero-order chi connectivity index (χ0) is 15.1. The van der Waals surface area contributed by atoms with Crippen LogP contribution in [0.2, 0.25) is 0 Å². The Morgan fingerprint density at radius 2 is 2.05 bits per heavy atom. The molecule has 2 N–H and O–H groups in total. The first-order valence-corrected chi connectivity index (χ1v) is 7.80. The van der Waals surface area contributed by atoms with E-state index in [1.807, 2.05) is 24.3 Å². The molecule has 22 heavy (non-hydrogen) atoms. The summed E-state index contributed by atoms with van der Waals surface area (Å²) in [4.78, 5) is 17.0. The molecule has 4 rings (SSSR count). The average molecular weight is 294 g/mol. The van der Waals surface area contributed by atoms with Gasteiger partial charge in [-0.05, 0) is 55.0 Å². The van der Waals surface area contributed by atoms with E-state index in [2.05, 4.69) is 10.3 Å². The molecule has 1 unspecified atom stereocenters. The summed E-state index contributed by atoms with van der Waals surface area (Å²) >= 11 is 0. The molecule has 1 saturated carbocycles. The molecule has 0 saturated heterocycles. The number of amides is 1.